The number of hydrogen-bond acceptors (Lipinski definition) is 6. The lowest BCUT2D eigenvalue weighted by atomic mass is 9.88. The third kappa shape index (κ3) is 3.14. The normalized spacial score (nSPS) is 17.8. The molecule has 2 aromatic carbocycles. The molecule has 2 atom stereocenters. The van der Waals surface area contributed by atoms with Gasteiger partial charge in [0, 0.05) is 11.6 Å². The number of carbonyl (C=O) groups excluding carboxylic acids is 1. The fraction of sp³-hybridized carbons (Fsp3) is 0.350. The average Bonchev–Trinajstić information content (AvgIpc) is 3.05. The SMILES string of the molecule is CCOC(=O)[C@@H]1Oc2cc(OC)c(OC)cc2[C@H]1c1ccc(OC)cc1. The van der Waals surface area contributed by atoms with Crippen LogP contribution in [0.4, 0.5) is 0 Å². The number of benzene rings is 2. The van der Waals surface area contributed by atoms with Gasteiger partial charge < -0.3 is 23.7 Å². The molecule has 2 aromatic rings. The quantitative estimate of drug-likeness (QED) is 0.739. The van der Waals surface area contributed by atoms with Crippen molar-refractivity contribution < 1.29 is 28.5 Å². The first-order valence-electron chi connectivity index (χ1n) is 8.36. The highest BCUT2D eigenvalue weighted by Gasteiger charge is 2.42. The lowest BCUT2D eigenvalue weighted by Crippen LogP contribution is -2.31. The van der Waals surface area contributed by atoms with Crippen LogP contribution in [0.1, 0.15) is 24.0 Å². The van der Waals surface area contributed by atoms with Gasteiger partial charge in [-0.3, -0.25) is 0 Å². The topological polar surface area (TPSA) is 63.2 Å². The molecular weight excluding hydrogens is 336 g/mol. The van der Waals surface area contributed by atoms with Crippen molar-refractivity contribution in [1.29, 1.82) is 0 Å². The Bertz CT molecular complexity index is 784. The maximum absolute atomic E-state index is 12.5. The van der Waals surface area contributed by atoms with Crippen LogP contribution in [0.5, 0.6) is 23.0 Å². The minimum absolute atomic E-state index is 0.289. The minimum Gasteiger partial charge on any atom is -0.497 e. The maximum atomic E-state index is 12.5. The molecule has 0 aliphatic carbocycles. The van der Waals surface area contributed by atoms with E-state index in [0.29, 0.717) is 17.2 Å². The number of methoxy groups -OCH3 is 3. The summed E-state index contributed by atoms with van der Waals surface area (Å²) in [4.78, 5) is 12.5. The zero-order valence-corrected chi connectivity index (χ0v) is 15.3. The smallest absolute Gasteiger partial charge is 0.348 e. The highest BCUT2D eigenvalue weighted by Crippen LogP contribution is 2.47. The van der Waals surface area contributed by atoms with Crippen molar-refractivity contribution in [2.24, 2.45) is 0 Å². The number of fused-ring (bicyclic) bond motifs is 1. The molecule has 0 radical (unpaired) electrons. The van der Waals surface area contributed by atoms with E-state index in [2.05, 4.69) is 0 Å². The predicted octanol–water partition coefficient (Wildman–Crippen LogP) is 3.17. The highest BCUT2D eigenvalue weighted by molar-refractivity contribution is 5.80. The molecule has 1 aliphatic rings. The van der Waals surface area contributed by atoms with E-state index in [1.54, 1.807) is 34.3 Å². The van der Waals surface area contributed by atoms with Gasteiger partial charge >= 0.3 is 5.97 Å². The molecule has 0 fully saturated rings. The Morgan fingerprint density at radius 2 is 1.65 bits per heavy atom. The summed E-state index contributed by atoms with van der Waals surface area (Å²) in [6.45, 7) is 2.06. The molecule has 0 saturated heterocycles. The van der Waals surface area contributed by atoms with Crippen LogP contribution in [0.25, 0.3) is 0 Å². The van der Waals surface area contributed by atoms with E-state index >= 15 is 0 Å². The Kier molecular flexibility index (Phi) is 5.21. The van der Waals surface area contributed by atoms with E-state index in [9.17, 15) is 4.79 Å². The van der Waals surface area contributed by atoms with Crippen molar-refractivity contribution >= 4 is 5.97 Å². The van der Waals surface area contributed by atoms with E-state index in [-0.39, 0.29) is 12.5 Å². The van der Waals surface area contributed by atoms with Gasteiger partial charge in [-0.1, -0.05) is 12.1 Å². The third-order valence-electron chi connectivity index (χ3n) is 4.40. The minimum atomic E-state index is -0.768. The Morgan fingerprint density at radius 1 is 1.00 bits per heavy atom. The first-order chi connectivity index (χ1) is 12.6. The number of ether oxygens (including phenoxy) is 5. The first kappa shape index (κ1) is 17.9. The number of esters is 1. The van der Waals surface area contributed by atoms with Crippen molar-refractivity contribution in [2.45, 2.75) is 18.9 Å². The summed E-state index contributed by atoms with van der Waals surface area (Å²) in [5.74, 6) is 1.74. The zero-order chi connectivity index (χ0) is 18.7. The summed E-state index contributed by atoms with van der Waals surface area (Å²) in [6.07, 6.45) is -0.768. The van der Waals surface area contributed by atoms with Crippen molar-refractivity contribution in [3.8, 4) is 23.0 Å². The molecule has 0 bridgehead atoms. The summed E-state index contributed by atoms with van der Waals surface area (Å²) in [6, 6.07) is 11.1. The summed E-state index contributed by atoms with van der Waals surface area (Å²) < 4.78 is 27.1. The second-order valence-electron chi connectivity index (χ2n) is 5.79. The number of carbonyl (C=O) groups is 1. The van der Waals surface area contributed by atoms with Crippen LogP contribution in [-0.4, -0.2) is 40.0 Å². The van der Waals surface area contributed by atoms with Crippen LogP contribution < -0.4 is 18.9 Å². The zero-order valence-electron chi connectivity index (χ0n) is 15.3. The molecule has 0 aromatic heterocycles. The van der Waals surface area contributed by atoms with Crippen molar-refractivity contribution in [1.82, 2.24) is 0 Å². The molecule has 0 N–H and O–H groups in total. The van der Waals surface area contributed by atoms with Gasteiger partial charge in [0.2, 0.25) is 6.10 Å². The molecule has 6 nitrogen and oxygen atoms in total. The highest BCUT2D eigenvalue weighted by atomic mass is 16.6. The Labute approximate surface area is 152 Å². The molecule has 138 valence electrons. The van der Waals surface area contributed by atoms with Crippen LogP contribution >= 0.6 is 0 Å². The van der Waals surface area contributed by atoms with E-state index in [0.717, 1.165) is 16.9 Å². The van der Waals surface area contributed by atoms with Crippen LogP contribution in [-0.2, 0) is 9.53 Å². The first-order valence-corrected chi connectivity index (χ1v) is 8.36. The third-order valence-corrected chi connectivity index (χ3v) is 4.40. The molecule has 0 unspecified atom stereocenters. The van der Waals surface area contributed by atoms with Gasteiger partial charge in [-0.05, 0) is 30.7 Å². The van der Waals surface area contributed by atoms with E-state index in [1.807, 2.05) is 30.3 Å². The lowest BCUT2D eigenvalue weighted by molar-refractivity contribution is -0.151. The average molecular weight is 358 g/mol. The molecule has 0 spiro atoms. The molecule has 6 heteroatoms. The van der Waals surface area contributed by atoms with Gasteiger partial charge in [0.25, 0.3) is 0 Å². The Morgan fingerprint density at radius 3 is 2.23 bits per heavy atom. The Balaban J connectivity index is 2.08. The molecule has 26 heavy (non-hydrogen) atoms. The summed E-state index contributed by atoms with van der Waals surface area (Å²) in [5.41, 5.74) is 1.78. The van der Waals surface area contributed by atoms with Gasteiger partial charge in [-0.2, -0.15) is 0 Å². The van der Waals surface area contributed by atoms with Crippen LogP contribution in [0, 0.1) is 0 Å². The fourth-order valence-electron chi connectivity index (χ4n) is 3.16. The molecule has 3 rings (SSSR count). The number of rotatable bonds is 6. The van der Waals surface area contributed by atoms with Gasteiger partial charge in [-0.25, -0.2) is 4.79 Å². The molecule has 1 heterocycles. The van der Waals surface area contributed by atoms with Crippen LogP contribution in [0.3, 0.4) is 0 Å². The van der Waals surface area contributed by atoms with E-state index < -0.39 is 12.1 Å². The van der Waals surface area contributed by atoms with E-state index in [4.69, 9.17) is 23.7 Å². The fourth-order valence-corrected chi connectivity index (χ4v) is 3.16. The van der Waals surface area contributed by atoms with E-state index in [1.165, 1.54) is 0 Å². The van der Waals surface area contributed by atoms with Crippen LogP contribution in [0.2, 0.25) is 0 Å². The summed E-state index contributed by atoms with van der Waals surface area (Å²) in [7, 11) is 4.75. The molecule has 1 aliphatic heterocycles. The maximum Gasteiger partial charge on any atom is 0.348 e. The predicted molar refractivity (Wildman–Crippen MR) is 95.4 cm³/mol. The van der Waals surface area contributed by atoms with Gasteiger partial charge in [0.15, 0.2) is 11.5 Å². The van der Waals surface area contributed by atoms with Crippen molar-refractivity contribution in [2.75, 3.05) is 27.9 Å². The molecule has 0 saturated carbocycles. The Hall–Kier alpha value is -2.89. The largest absolute Gasteiger partial charge is 0.497 e. The van der Waals surface area contributed by atoms with Crippen LogP contribution in [0.15, 0.2) is 36.4 Å². The molecular formula is C20H22O6. The standard InChI is InChI=1S/C20H22O6/c1-5-25-20(21)19-18(12-6-8-13(22-2)9-7-12)14-10-16(23-3)17(24-4)11-15(14)26-19/h6-11,18-19H,5H2,1-4H3/t18-,19-/m1/s1. The summed E-state index contributed by atoms with van der Waals surface area (Å²) >= 11 is 0. The van der Waals surface area contributed by atoms with Crippen molar-refractivity contribution in [3.63, 3.8) is 0 Å². The van der Waals surface area contributed by atoms with Gasteiger partial charge in [0.1, 0.15) is 11.5 Å². The summed E-state index contributed by atoms with van der Waals surface area (Å²) in [5, 5.41) is 0. The monoisotopic (exact) mass is 358 g/mol. The second-order valence-corrected chi connectivity index (χ2v) is 5.79. The number of hydrogen-bond donors (Lipinski definition) is 0. The van der Waals surface area contributed by atoms with Gasteiger partial charge in [-0.15, -0.1) is 0 Å². The molecule has 0 amide bonds. The van der Waals surface area contributed by atoms with Crippen molar-refractivity contribution in [3.05, 3.63) is 47.5 Å². The second kappa shape index (κ2) is 7.56. The lowest BCUT2D eigenvalue weighted by Gasteiger charge is -2.18. The van der Waals surface area contributed by atoms with Gasteiger partial charge in [0.05, 0.1) is 33.9 Å².